The number of carbonyl (C=O) groups is 6. The minimum atomic E-state index is -1.58. The first kappa shape index (κ1) is 29.5. The molecule has 0 radical (unpaired) electrons. The highest BCUT2D eigenvalue weighted by molar-refractivity contribution is 5.91. The van der Waals surface area contributed by atoms with Gasteiger partial charge in [-0.2, -0.15) is 0 Å². The second-order valence-corrected chi connectivity index (χ2v) is 8.90. The number of aromatic nitrogens is 1. The topological polar surface area (TPSA) is 190 Å². The maximum Gasteiger partial charge on any atom is 0.309 e. The number of hydrogen-bond donors (Lipinski definition) is 1. The third kappa shape index (κ3) is 7.52. The molecule has 5 atom stereocenters. The fraction of sp³-hybridized carbons (Fsp3) is 0.625. The summed E-state index contributed by atoms with van der Waals surface area (Å²) in [4.78, 5) is 75.9. The van der Waals surface area contributed by atoms with Crippen molar-refractivity contribution in [3.05, 3.63) is 18.0 Å². The molecule has 15 heteroatoms. The molecule has 0 aliphatic carbocycles. The third-order valence-electron chi connectivity index (χ3n) is 6.05. The maximum absolute atomic E-state index is 13.7. The van der Waals surface area contributed by atoms with Crippen LogP contribution in [-0.4, -0.2) is 96.1 Å². The Labute approximate surface area is 223 Å². The Morgan fingerprint density at radius 3 is 2.08 bits per heavy atom. The van der Waals surface area contributed by atoms with Gasteiger partial charge in [-0.25, -0.2) is 0 Å². The van der Waals surface area contributed by atoms with Crippen molar-refractivity contribution in [2.24, 2.45) is 5.92 Å². The molecule has 0 aromatic carbocycles. The number of nitrogens with zero attached hydrogens (tertiary/aromatic N) is 2. The molecule has 1 aromatic heterocycles. The van der Waals surface area contributed by atoms with Crippen molar-refractivity contribution in [3.63, 3.8) is 0 Å². The van der Waals surface area contributed by atoms with E-state index in [4.69, 9.17) is 28.2 Å². The van der Waals surface area contributed by atoms with E-state index in [0.717, 1.165) is 20.8 Å². The van der Waals surface area contributed by atoms with Gasteiger partial charge in [0.1, 0.15) is 0 Å². The molecule has 3 heterocycles. The molecule has 0 saturated carbocycles. The van der Waals surface area contributed by atoms with Crippen LogP contribution in [0.15, 0.2) is 16.8 Å². The summed E-state index contributed by atoms with van der Waals surface area (Å²) in [7, 11) is 0. The van der Waals surface area contributed by atoms with E-state index in [-0.39, 0.29) is 37.3 Å². The first-order valence-electron chi connectivity index (χ1n) is 12.4. The molecule has 2 amide bonds. The first-order valence-corrected chi connectivity index (χ1v) is 12.4. The molecule has 1 aromatic rings. The smallest absolute Gasteiger partial charge is 0.309 e. The fourth-order valence-corrected chi connectivity index (χ4v) is 4.43. The number of rotatable bonds is 8. The van der Waals surface area contributed by atoms with Crippen LogP contribution in [0.3, 0.4) is 0 Å². The van der Waals surface area contributed by atoms with E-state index in [1.54, 1.807) is 6.92 Å². The van der Waals surface area contributed by atoms with Crippen molar-refractivity contribution >= 4 is 35.7 Å². The standard InChI is InChI=1S/C24H31N3O12/c1-5-34-24(33)15-7-10-27(11-8-15)23(32)20-18(36-13(3)29)17(35-12(2)28)19(37-14(4)30)22(38-20)26-21(31)16-6-9-25-39-16/h6,9,15,17-20,22H,5,7-8,10-11H2,1-4H3,(H,26,31). The van der Waals surface area contributed by atoms with Crippen molar-refractivity contribution in [1.82, 2.24) is 15.4 Å². The molecule has 3 rings (SSSR count). The summed E-state index contributed by atoms with van der Waals surface area (Å²) in [6.45, 7) is 5.49. The van der Waals surface area contributed by atoms with E-state index in [0.29, 0.717) is 12.8 Å². The van der Waals surface area contributed by atoms with Gasteiger partial charge in [-0.1, -0.05) is 5.16 Å². The summed E-state index contributed by atoms with van der Waals surface area (Å²) in [6.07, 6.45) is -5.82. The summed E-state index contributed by atoms with van der Waals surface area (Å²) in [5, 5.41) is 5.90. The summed E-state index contributed by atoms with van der Waals surface area (Å²) in [5.74, 6) is -4.93. The largest absolute Gasteiger partial charge is 0.466 e. The minimum absolute atomic E-state index is 0.162. The zero-order valence-corrected chi connectivity index (χ0v) is 21.9. The Morgan fingerprint density at radius 2 is 1.54 bits per heavy atom. The van der Waals surface area contributed by atoms with Gasteiger partial charge in [0.15, 0.2) is 30.6 Å². The molecule has 214 valence electrons. The van der Waals surface area contributed by atoms with E-state index in [1.807, 2.05) is 0 Å². The summed E-state index contributed by atoms with van der Waals surface area (Å²) in [6, 6.07) is 1.26. The Morgan fingerprint density at radius 1 is 0.949 bits per heavy atom. The van der Waals surface area contributed by atoms with Gasteiger partial charge in [0.25, 0.3) is 11.8 Å². The lowest BCUT2D eigenvalue weighted by atomic mass is 9.93. The molecule has 2 aliphatic rings. The third-order valence-corrected chi connectivity index (χ3v) is 6.05. The Hall–Kier alpha value is -4.01. The zero-order chi connectivity index (χ0) is 28.7. The highest BCUT2D eigenvalue weighted by Crippen LogP contribution is 2.30. The van der Waals surface area contributed by atoms with Crippen LogP contribution in [0.4, 0.5) is 0 Å². The molecular formula is C24H31N3O12. The number of carbonyl (C=O) groups excluding carboxylic acids is 6. The predicted molar refractivity (Wildman–Crippen MR) is 125 cm³/mol. The van der Waals surface area contributed by atoms with Gasteiger partial charge >= 0.3 is 23.9 Å². The molecule has 2 saturated heterocycles. The van der Waals surface area contributed by atoms with Crippen LogP contribution >= 0.6 is 0 Å². The van der Waals surface area contributed by atoms with Gasteiger partial charge in [-0.3, -0.25) is 28.8 Å². The number of likely N-dealkylation sites (tertiary alicyclic amines) is 1. The molecule has 2 fully saturated rings. The lowest BCUT2D eigenvalue weighted by Crippen LogP contribution is -2.68. The number of amides is 2. The van der Waals surface area contributed by atoms with Gasteiger partial charge in [-0.15, -0.1) is 0 Å². The van der Waals surface area contributed by atoms with Crippen molar-refractivity contribution in [2.45, 2.75) is 71.2 Å². The van der Waals surface area contributed by atoms with Gasteiger partial charge in [0, 0.05) is 39.9 Å². The lowest BCUT2D eigenvalue weighted by Gasteiger charge is -2.45. The minimum Gasteiger partial charge on any atom is -0.466 e. The number of ether oxygens (including phenoxy) is 5. The van der Waals surface area contributed by atoms with E-state index < -0.39 is 60.4 Å². The van der Waals surface area contributed by atoms with Gasteiger partial charge in [0.05, 0.1) is 18.7 Å². The zero-order valence-electron chi connectivity index (χ0n) is 21.9. The SMILES string of the molecule is CCOC(=O)C1CCN(C(=O)C2OC(NC(=O)c3ccno3)C(OC(C)=O)C(OC(C)=O)C2OC(C)=O)CC1. The first-order chi connectivity index (χ1) is 18.5. The molecule has 5 unspecified atom stereocenters. The quantitative estimate of drug-likeness (QED) is 0.327. The van der Waals surface area contributed by atoms with Gasteiger partial charge in [-0.05, 0) is 19.8 Å². The number of esters is 4. The van der Waals surface area contributed by atoms with Crippen LogP contribution in [0, 0.1) is 5.92 Å². The number of piperidine rings is 1. The second-order valence-electron chi connectivity index (χ2n) is 8.90. The Bertz CT molecular complexity index is 1070. The van der Waals surface area contributed by atoms with Crippen molar-refractivity contribution in [3.8, 4) is 0 Å². The molecule has 1 N–H and O–H groups in total. The molecule has 39 heavy (non-hydrogen) atoms. The van der Waals surface area contributed by atoms with Crippen LogP contribution in [0.1, 0.15) is 51.1 Å². The average Bonchev–Trinajstić information content (AvgIpc) is 3.42. The van der Waals surface area contributed by atoms with Crippen molar-refractivity contribution < 1.29 is 57.0 Å². The van der Waals surface area contributed by atoms with Crippen LogP contribution in [0.5, 0.6) is 0 Å². The highest BCUT2D eigenvalue weighted by atomic mass is 16.7. The monoisotopic (exact) mass is 553 g/mol. The van der Waals surface area contributed by atoms with E-state index in [1.165, 1.54) is 17.2 Å². The van der Waals surface area contributed by atoms with Crippen molar-refractivity contribution in [1.29, 1.82) is 0 Å². The van der Waals surface area contributed by atoms with E-state index in [2.05, 4.69) is 10.5 Å². The molecule has 0 bridgehead atoms. The normalized spacial score (nSPS) is 25.2. The number of nitrogens with one attached hydrogen (secondary N) is 1. The fourth-order valence-electron chi connectivity index (χ4n) is 4.43. The van der Waals surface area contributed by atoms with Gasteiger partial charge in [0.2, 0.25) is 5.76 Å². The Kier molecular flexibility index (Phi) is 9.98. The van der Waals surface area contributed by atoms with Crippen LogP contribution in [0.2, 0.25) is 0 Å². The van der Waals surface area contributed by atoms with Crippen LogP contribution < -0.4 is 5.32 Å². The molecule has 0 spiro atoms. The van der Waals surface area contributed by atoms with Crippen LogP contribution in [0.25, 0.3) is 0 Å². The molecular weight excluding hydrogens is 522 g/mol. The van der Waals surface area contributed by atoms with E-state index in [9.17, 15) is 28.8 Å². The Balaban J connectivity index is 1.92. The summed E-state index contributed by atoms with van der Waals surface area (Å²) < 4.78 is 31.9. The summed E-state index contributed by atoms with van der Waals surface area (Å²) in [5.41, 5.74) is 0. The number of hydrogen-bond acceptors (Lipinski definition) is 13. The molecule has 15 nitrogen and oxygen atoms in total. The summed E-state index contributed by atoms with van der Waals surface area (Å²) >= 11 is 0. The maximum atomic E-state index is 13.7. The molecule has 2 aliphatic heterocycles. The predicted octanol–water partition coefficient (Wildman–Crippen LogP) is -0.274. The van der Waals surface area contributed by atoms with Crippen molar-refractivity contribution in [2.75, 3.05) is 19.7 Å². The lowest BCUT2D eigenvalue weighted by molar-refractivity contribution is -0.249. The second kappa shape index (κ2) is 13.2. The van der Waals surface area contributed by atoms with Crippen LogP contribution in [-0.2, 0) is 47.7 Å². The van der Waals surface area contributed by atoms with E-state index >= 15 is 0 Å². The highest BCUT2D eigenvalue weighted by Gasteiger charge is 2.55. The average molecular weight is 554 g/mol. The van der Waals surface area contributed by atoms with Gasteiger partial charge < -0.3 is 38.4 Å².